The normalized spacial score (nSPS) is 20.8. The van der Waals surface area contributed by atoms with Gasteiger partial charge < -0.3 is 9.80 Å². The first-order chi connectivity index (χ1) is 12.7. The first kappa shape index (κ1) is 17.2. The van der Waals surface area contributed by atoms with Crippen molar-refractivity contribution in [1.82, 2.24) is 14.8 Å². The van der Waals surface area contributed by atoms with Gasteiger partial charge in [-0.05, 0) is 37.5 Å². The Labute approximate surface area is 157 Å². The van der Waals surface area contributed by atoms with E-state index in [0.29, 0.717) is 19.5 Å². The number of fused-ring (bicyclic) bond motifs is 1. The molecule has 2 amide bonds. The molecule has 0 spiro atoms. The second-order valence-electron chi connectivity index (χ2n) is 7.14. The first-order valence-electron chi connectivity index (χ1n) is 9.22. The SMILES string of the molecule is C=CC(=O)N1CC(CC(=O)N2CCCCC2c2nc3ccccc3s2)C1. The number of hydrogen-bond donors (Lipinski definition) is 0. The summed E-state index contributed by atoms with van der Waals surface area (Å²) in [6, 6.07) is 8.25. The fourth-order valence-electron chi connectivity index (χ4n) is 3.89. The molecule has 0 bridgehead atoms. The highest BCUT2D eigenvalue weighted by Gasteiger charge is 2.35. The molecular weight excluding hydrogens is 346 g/mol. The number of carbonyl (C=O) groups excluding carboxylic acids is 2. The minimum Gasteiger partial charge on any atom is -0.338 e. The number of hydrogen-bond acceptors (Lipinski definition) is 4. The zero-order valence-electron chi connectivity index (χ0n) is 14.8. The number of carbonyl (C=O) groups is 2. The molecule has 2 aliphatic rings. The van der Waals surface area contributed by atoms with E-state index in [4.69, 9.17) is 4.98 Å². The molecule has 0 saturated carbocycles. The van der Waals surface area contributed by atoms with Crippen LogP contribution < -0.4 is 0 Å². The van der Waals surface area contributed by atoms with Crippen LogP contribution in [0.2, 0.25) is 0 Å². The van der Waals surface area contributed by atoms with E-state index in [9.17, 15) is 9.59 Å². The third-order valence-electron chi connectivity index (χ3n) is 5.33. The highest BCUT2D eigenvalue weighted by atomic mass is 32.1. The van der Waals surface area contributed by atoms with Crippen molar-refractivity contribution in [3.63, 3.8) is 0 Å². The van der Waals surface area contributed by atoms with Gasteiger partial charge in [-0.15, -0.1) is 11.3 Å². The molecule has 1 unspecified atom stereocenters. The molecule has 2 saturated heterocycles. The van der Waals surface area contributed by atoms with Gasteiger partial charge in [0.25, 0.3) is 0 Å². The van der Waals surface area contributed by atoms with E-state index in [2.05, 4.69) is 12.6 Å². The van der Waals surface area contributed by atoms with Gasteiger partial charge in [-0.1, -0.05) is 18.7 Å². The molecule has 136 valence electrons. The average molecular weight is 369 g/mol. The fourth-order valence-corrected chi connectivity index (χ4v) is 5.01. The van der Waals surface area contributed by atoms with Crippen LogP contribution in [0.5, 0.6) is 0 Å². The number of para-hydroxylation sites is 1. The Morgan fingerprint density at radius 3 is 2.85 bits per heavy atom. The maximum absolute atomic E-state index is 12.9. The second-order valence-corrected chi connectivity index (χ2v) is 8.20. The number of piperidine rings is 1. The van der Waals surface area contributed by atoms with Crippen LogP contribution in [-0.4, -0.2) is 46.2 Å². The van der Waals surface area contributed by atoms with E-state index >= 15 is 0 Å². The highest BCUT2D eigenvalue weighted by Crippen LogP contribution is 2.36. The quantitative estimate of drug-likeness (QED) is 0.777. The summed E-state index contributed by atoms with van der Waals surface area (Å²) in [5, 5.41) is 1.05. The lowest BCUT2D eigenvalue weighted by molar-refractivity contribution is -0.141. The van der Waals surface area contributed by atoms with Crippen LogP contribution in [0, 0.1) is 5.92 Å². The Morgan fingerprint density at radius 1 is 1.27 bits per heavy atom. The monoisotopic (exact) mass is 369 g/mol. The molecule has 2 aromatic rings. The van der Waals surface area contributed by atoms with Crippen LogP contribution in [-0.2, 0) is 9.59 Å². The Morgan fingerprint density at radius 2 is 2.08 bits per heavy atom. The average Bonchev–Trinajstić information content (AvgIpc) is 3.07. The number of benzene rings is 1. The van der Waals surface area contributed by atoms with Gasteiger partial charge in [0, 0.05) is 32.0 Å². The van der Waals surface area contributed by atoms with Crippen LogP contribution in [0.4, 0.5) is 0 Å². The van der Waals surface area contributed by atoms with Crippen molar-refractivity contribution in [1.29, 1.82) is 0 Å². The largest absolute Gasteiger partial charge is 0.338 e. The number of amides is 2. The fraction of sp³-hybridized carbons (Fsp3) is 0.450. The van der Waals surface area contributed by atoms with Gasteiger partial charge in [0.05, 0.1) is 16.3 Å². The predicted molar refractivity (Wildman–Crippen MR) is 103 cm³/mol. The molecule has 5 nitrogen and oxygen atoms in total. The van der Waals surface area contributed by atoms with Crippen molar-refractivity contribution < 1.29 is 9.59 Å². The van der Waals surface area contributed by atoms with Crippen LogP contribution in [0.15, 0.2) is 36.9 Å². The van der Waals surface area contributed by atoms with Crippen molar-refractivity contribution in [2.75, 3.05) is 19.6 Å². The third-order valence-corrected chi connectivity index (χ3v) is 6.46. The lowest BCUT2D eigenvalue weighted by Gasteiger charge is -2.41. The number of likely N-dealkylation sites (tertiary alicyclic amines) is 2. The van der Waals surface area contributed by atoms with Crippen LogP contribution >= 0.6 is 11.3 Å². The van der Waals surface area contributed by atoms with Gasteiger partial charge in [-0.25, -0.2) is 4.98 Å². The molecule has 26 heavy (non-hydrogen) atoms. The van der Waals surface area contributed by atoms with Crippen molar-refractivity contribution in [3.8, 4) is 0 Å². The number of aromatic nitrogens is 1. The Bertz CT molecular complexity index is 807. The van der Waals surface area contributed by atoms with E-state index in [-0.39, 0.29) is 23.8 Å². The van der Waals surface area contributed by atoms with E-state index in [1.54, 1.807) is 16.2 Å². The second kappa shape index (κ2) is 7.19. The van der Waals surface area contributed by atoms with Gasteiger partial charge in [0.2, 0.25) is 11.8 Å². The molecule has 6 heteroatoms. The van der Waals surface area contributed by atoms with E-state index in [1.165, 1.54) is 10.8 Å². The summed E-state index contributed by atoms with van der Waals surface area (Å²) in [5.41, 5.74) is 1.02. The summed E-state index contributed by atoms with van der Waals surface area (Å²) in [6.45, 7) is 5.65. The van der Waals surface area contributed by atoms with E-state index in [1.807, 2.05) is 23.1 Å². The van der Waals surface area contributed by atoms with Crippen molar-refractivity contribution in [2.24, 2.45) is 5.92 Å². The van der Waals surface area contributed by atoms with Crippen molar-refractivity contribution in [2.45, 2.75) is 31.7 Å². The van der Waals surface area contributed by atoms with Gasteiger partial charge in [-0.3, -0.25) is 9.59 Å². The summed E-state index contributed by atoms with van der Waals surface area (Å²) >= 11 is 1.70. The van der Waals surface area contributed by atoms with Crippen LogP contribution in [0.1, 0.15) is 36.7 Å². The van der Waals surface area contributed by atoms with Crippen LogP contribution in [0.25, 0.3) is 10.2 Å². The molecule has 3 heterocycles. The van der Waals surface area contributed by atoms with Gasteiger partial charge >= 0.3 is 0 Å². The topological polar surface area (TPSA) is 53.5 Å². The van der Waals surface area contributed by atoms with Gasteiger partial charge in [-0.2, -0.15) is 0 Å². The highest BCUT2D eigenvalue weighted by molar-refractivity contribution is 7.18. The predicted octanol–water partition coefficient (Wildman–Crippen LogP) is 3.38. The maximum atomic E-state index is 12.9. The summed E-state index contributed by atoms with van der Waals surface area (Å²) < 4.78 is 1.18. The molecular formula is C20H23N3O2S. The lowest BCUT2D eigenvalue weighted by atomic mass is 9.94. The summed E-state index contributed by atoms with van der Waals surface area (Å²) in [6.07, 6.45) is 5.03. The summed E-state index contributed by atoms with van der Waals surface area (Å²) in [4.78, 5) is 33.0. The Kier molecular flexibility index (Phi) is 4.76. The summed E-state index contributed by atoms with van der Waals surface area (Å²) in [7, 11) is 0. The third kappa shape index (κ3) is 3.26. The molecule has 2 aliphatic heterocycles. The summed E-state index contributed by atoms with van der Waals surface area (Å²) in [5.74, 6) is 0.424. The van der Waals surface area contributed by atoms with Gasteiger partial charge in [0.15, 0.2) is 0 Å². The molecule has 1 atom stereocenters. The first-order valence-corrected chi connectivity index (χ1v) is 10.0. The lowest BCUT2D eigenvalue weighted by Crippen LogP contribution is -2.51. The molecule has 1 aromatic carbocycles. The molecule has 2 fully saturated rings. The molecule has 4 rings (SSSR count). The maximum Gasteiger partial charge on any atom is 0.245 e. The minimum absolute atomic E-state index is 0.0426. The van der Waals surface area contributed by atoms with E-state index in [0.717, 1.165) is 36.3 Å². The Balaban J connectivity index is 1.44. The van der Waals surface area contributed by atoms with Crippen molar-refractivity contribution in [3.05, 3.63) is 41.9 Å². The standard InChI is InChI=1S/C20H23N3O2S/c1-2-18(24)22-12-14(13-22)11-19(25)23-10-6-5-8-16(23)20-21-15-7-3-4-9-17(15)26-20/h2-4,7,9,14,16H,1,5-6,8,10-13H2. The number of thiazole rings is 1. The zero-order valence-corrected chi connectivity index (χ0v) is 15.6. The molecule has 1 aromatic heterocycles. The number of nitrogens with zero attached hydrogens (tertiary/aromatic N) is 3. The van der Waals surface area contributed by atoms with Crippen LogP contribution in [0.3, 0.4) is 0 Å². The number of rotatable bonds is 4. The zero-order chi connectivity index (χ0) is 18.1. The minimum atomic E-state index is -0.0426. The molecule has 0 N–H and O–H groups in total. The molecule has 0 radical (unpaired) electrons. The van der Waals surface area contributed by atoms with E-state index < -0.39 is 0 Å². The Hall–Kier alpha value is -2.21. The molecule has 0 aliphatic carbocycles. The van der Waals surface area contributed by atoms with Gasteiger partial charge in [0.1, 0.15) is 5.01 Å². The van der Waals surface area contributed by atoms with Crippen molar-refractivity contribution >= 4 is 33.4 Å². The smallest absolute Gasteiger partial charge is 0.245 e.